The topological polar surface area (TPSA) is 50.9 Å². The second kappa shape index (κ2) is 8.70. The Bertz CT molecular complexity index is 370. The van der Waals surface area contributed by atoms with Gasteiger partial charge in [0.25, 0.3) is 0 Å². The molecule has 0 saturated carbocycles. The molecule has 0 radical (unpaired) electrons. The quantitative estimate of drug-likeness (QED) is 0.718. The van der Waals surface area contributed by atoms with Crippen LogP contribution in [0.1, 0.15) is 44.4 Å². The molecular weight excluding hydrogens is 234 g/mol. The molecule has 0 aliphatic carbocycles. The van der Waals surface area contributed by atoms with Gasteiger partial charge in [0.15, 0.2) is 0 Å². The van der Waals surface area contributed by atoms with E-state index in [-0.39, 0.29) is 0 Å². The predicted molar refractivity (Wildman–Crippen MR) is 81.7 cm³/mol. The minimum absolute atomic E-state index is 0.638. The van der Waals surface area contributed by atoms with Crippen molar-refractivity contribution in [1.29, 1.82) is 0 Å². The Hall–Kier alpha value is -1.35. The minimum Gasteiger partial charge on any atom is -0.385 e. The van der Waals surface area contributed by atoms with Gasteiger partial charge in [0.1, 0.15) is 0 Å². The van der Waals surface area contributed by atoms with Gasteiger partial charge in [-0.25, -0.2) is 0 Å². The molecule has 3 N–H and O–H groups in total. The predicted octanol–water partition coefficient (Wildman–Crippen LogP) is 3.01. The van der Waals surface area contributed by atoms with E-state index in [2.05, 4.69) is 42.9 Å². The molecule has 1 rings (SSSR count). The maximum absolute atomic E-state index is 5.47. The van der Waals surface area contributed by atoms with Crippen molar-refractivity contribution in [2.24, 2.45) is 11.7 Å². The van der Waals surface area contributed by atoms with Crippen molar-refractivity contribution in [3.63, 3.8) is 0 Å². The molecule has 0 saturated heterocycles. The molecule has 1 aromatic heterocycles. The molecule has 1 aromatic rings. The summed E-state index contributed by atoms with van der Waals surface area (Å²) < 4.78 is 0. The van der Waals surface area contributed by atoms with Gasteiger partial charge in [-0.05, 0) is 43.4 Å². The summed E-state index contributed by atoms with van der Waals surface area (Å²) in [5, 5.41) is 3.26. The molecule has 0 bridgehead atoms. The number of nitrogens with zero attached hydrogens (tertiary/aromatic N) is 1. The van der Waals surface area contributed by atoms with Gasteiger partial charge < -0.3 is 11.1 Å². The minimum atomic E-state index is 0.638. The van der Waals surface area contributed by atoms with Gasteiger partial charge in [-0.2, -0.15) is 0 Å². The van der Waals surface area contributed by atoms with Crippen LogP contribution in [0, 0.1) is 5.92 Å². The Morgan fingerprint density at radius 1 is 1.47 bits per heavy atom. The first-order valence-electron chi connectivity index (χ1n) is 7.21. The highest BCUT2D eigenvalue weighted by Crippen LogP contribution is 2.11. The molecule has 106 valence electrons. The molecule has 1 atom stereocenters. The fraction of sp³-hybridized carbons (Fsp3) is 0.562. The van der Waals surface area contributed by atoms with E-state index in [4.69, 9.17) is 5.73 Å². The van der Waals surface area contributed by atoms with E-state index in [1.165, 1.54) is 24.1 Å². The smallest absolute Gasteiger partial charge is 0.0412 e. The van der Waals surface area contributed by atoms with Crippen LogP contribution in [0.2, 0.25) is 0 Å². The van der Waals surface area contributed by atoms with E-state index in [0.717, 1.165) is 31.0 Å². The molecule has 0 aliphatic rings. The van der Waals surface area contributed by atoms with Gasteiger partial charge in [-0.1, -0.05) is 32.9 Å². The summed E-state index contributed by atoms with van der Waals surface area (Å²) in [6.07, 6.45) is 6.30. The van der Waals surface area contributed by atoms with E-state index in [1.54, 1.807) is 0 Å². The molecule has 3 heteroatoms. The largest absolute Gasteiger partial charge is 0.385 e. The summed E-state index contributed by atoms with van der Waals surface area (Å²) in [7, 11) is 0. The van der Waals surface area contributed by atoms with Crippen LogP contribution in [0.15, 0.2) is 30.6 Å². The SMILES string of the molecule is C=C(CCN)NCc1ccc(CCC(C)CC)nc1. The van der Waals surface area contributed by atoms with E-state index in [0.29, 0.717) is 6.54 Å². The van der Waals surface area contributed by atoms with Crippen molar-refractivity contribution in [3.05, 3.63) is 41.9 Å². The molecular formula is C16H27N3. The second-order valence-electron chi connectivity index (χ2n) is 5.21. The maximum Gasteiger partial charge on any atom is 0.0412 e. The summed E-state index contributed by atoms with van der Waals surface area (Å²) in [5.41, 5.74) is 8.83. The zero-order chi connectivity index (χ0) is 14.1. The number of aryl methyl sites for hydroxylation is 1. The first kappa shape index (κ1) is 15.7. The fourth-order valence-electron chi connectivity index (χ4n) is 1.80. The molecule has 19 heavy (non-hydrogen) atoms. The van der Waals surface area contributed by atoms with Crippen molar-refractivity contribution >= 4 is 0 Å². The van der Waals surface area contributed by atoms with Crippen LogP contribution in [0.5, 0.6) is 0 Å². The number of aromatic nitrogens is 1. The van der Waals surface area contributed by atoms with Crippen molar-refractivity contribution in [3.8, 4) is 0 Å². The van der Waals surface area contributed by atoms with Crippen molar-refractivity contribution < 1.29 is 0 Å². The first-order valence-corrected chi connectivity index (χ1v) is 7.21. The van der Waals surface area contributed by atoms with Crippen LogP contribution in [0.3, 0.4) is 0 Å². The third-order valence-corrected chi connectivity index (χ3v) is 3.46. The molecule has 0 fully saturated rings. The summed E-state index contributed by atoms with van der Waals surface area (Å²) in [6.45, 7) is 9.87. The van der Waals surface area contributed by atoms with Gasteiger partial charge in [0.2, 0.25) is 0 Å². The molecule has 3 nitrogen and oxygen atoms in total. The molecule has 1 unspecified atom stereocenters. The van der Waals surface area contributed by atoms with Gasteiger partial charge >= 0.3 is 0 Å². The van der Waals surface area contributed by atoms with Crippen LogP contribution in [0.25, 0.3) is 0 Å². The second-order valence-corrected chi connectivity index (χ2v) is 5.21. The van der Waals surface area contributed by atoms with Crippen LogP contribution >= 0.6 is 0 Å². The molecule has 1 heterocycles. The Morgan fingerprint density at radius 3 is 2.84 bits per heavy atom. The number of hydrogen-bond donors (Lipinski definition) is 2. The van der Waals surface area contributed by atoms with E-state index in [1.807, 2.05) is 6.20 Å². The standard InChI is InChI=1S/C16H27N3/c1-4-13(2)5-7-16-8-6-15(12-19-16)11-18-14(3)9-10-17/h6,8,12-13,18H,3-5,7,9-11,17H2,1-2H3. The monoisotopic (exact) mass is 261 g/mol. The Balaban J connectivity index is 2.37. The first-order chi connectivity index (χ1) is 9.15. The maximum atomic E-state index is 5.47. The van der Waals surface area contributed by atoms with E-state index in [9.17, 15) is 0 Å². The average Bonchev–Trinajstić information content (AvgIpc) is 2.44. The zero-order valence-corrected chi connectivity index (χ0v) is 12.3. The zero-order valence-electron chi connectivity index (χ0n) is 12.3. The molecule has 0 aromatic carbocycles. The van der Waals surface area contributed by atoms with Gasteiger partial charge in [-0.15, -0.1) is 0 Å². The Kier molecular flexibility index (Phi) is 7.19. The van der Waals surface area contributed by atoms with Crippen molar-refractivity contribution in [2.45, 2.75) is 46.1 Å². The van der Waals surface area contributed by atoms with Crippen molar-refractivity contribution in [1.82, 2.24) is 10.3 Å². The fourth-order valence-corrected chi connectivity index (χ4v) is 1.80. The molecule has 0 spiro atoms. The number of hydrogen-bond acceptors (Lipinski definition) is 3. The lowest BCUT2D eigenvalue weighted by atomic mass is 10.0. The number of pyridine rings is 1. The van der Waals surface area contributed by atoms with Gasteiger partial charge in [-0.3, -0.25) is 4.98 Å². The van der Waals surface area contributed by atoms with Crippen LogP contribution in [0.4, 0.5) is 0 Å². The highest BCUT2D eigenvalue weighted by atomic mass is 14.9. The van der Waals surface area contributed by atoms with Gasteiger partial charge in [0, 0.05) is 24.1 Å². The third kappa shape index (κ3) is 6.39. The molecule has 0 amide bonds. The summed E-state index contributed by atoms with van der Waals surface area (Å²) in [5.74, 6) is 0.780. The highest BCUT2D eigenvalue weighted by Gasteiger charge is 2.01. The number of nitrogens with one attached hydrogen (secondary N) is 1. The lowest BCUT2D eigenvalue weighted by Crippen LogP contribution is -2.15. The lowest BCUT2D eigenvalue weighted by molar-refractivity contribution is 0.513. The van der Waals surface area contributed by atoms with Crippen LogP contribution in [-0.4, -0.2) is 11.5 Å². The van der Waals surface area contributed by atoms with E-state index >= 15 is 0 Å². The Morgan fingerprint density at radius 2 is 2.26 bits per heavy atom. The van der Waals surface area contributed by atoms with Crippen molar-refractivity contribution in [2.75, 3.05) is 6.54 Å². The Labute approximate surface area is 117 Å². The number of nitrogens with two attached hydrogens (primary N) is 1. The molecule has 0 aliphatic heterocycles. The highest BCUT2D eigenvalue weighted by molar-refractivity contribution is 5.15. The number of rotatable bonds is 9. The third-order valence-electron chi connectivity index (χ3n) is 3.46. The van der Waals surface area contributed by atoms with Crippen LogP contribution in [-0.2, 0) is 13.0 Å². The summed E-state index contributed by atoms with van der Waals surface area (Å²) >= 11 is 0. The van der Waals surface area contributed by atoms with E-state index < -0.39 is 0 Å². The van der Waals surface area contributed by atoms with Crippen LogP contribution < -0.4 is 11.1 Å². The van der Waals surface area contributed by atoms with Gasteiger partial charge in [0.05, 0.1) is 0 Å². The summed E-state index contributed by atoms with van der Waals surface area (Å²) in [4.78, 5) is 4.51. The normalized spacial score (nSPS) is 12.2. The lowest BCUT2D eigenvalue weighted by Gasteiger charge is -2.10. The summed E-state index contributed by atoms with van der Waals surface area (Å²) in [6, 6.07) is 4.27. The average molecular weight is 261 g/mol.